The van der Waals surface area contributed by atoms with E-state index in [4.69, 9.17) is 9.47 Å². The van der Waals surface area contributed by atoms with E-state index in [9.17, 15) is 22.8 Å². The number of carbonyl (C=O) groups excluding carboxylic acids is 2. The van der Waals surface area contributed by atoms with Gasteiger partial charge in [0.1, 0.15) is 12.4 Å². The quantitative estimate of drug-likeness (QED) is 0.745. The largest absolute Gasteiger partial charge is 0.489 e. The average Bonchev–Trinajstić information content (AvgIpc) is 2.57. The molecule has 1 aliphatic rings. The molecule has 1 aromatic rings. The standard InChI is InChI=1S/C17H21F3N2O4/c1-25-8-9-26-14-6-5-12(17(18,19)20)10-13(14)21-15(23)11-22-7-3-2-4-16(22)24/h5-6,10H,2-4,7-9,11H2,1H3,(H,21,23). The topological polar surface area (TPSA) is 67.9 Å². The normalized spacial score (nSPS) is 15.1. The Labute approximate surface area is 149 Å². The van der Waals surface area contributed by atoms with Crippen LogP contribution in [0.4, 0.5) is 18.9 Å². The fraction of sp³-hybridized carbons (Fsp3) is 0.529. The molecular weight excluding hydrogens is 353 g/mol. The van der Waals surface area contributed by atoms with E-state index in [1.54, 1.807) is 0 Å². The van der Waals surface area contributed by atoms with Gasteiger partial charge in [-0.05, 0) is 31.0 Å². The van der Waals surface area contributed by atoms with E-state index in [1.807, 2.05) is 0 Å². The molecule has 2 rings (SSSR count). The lowest BCUT2D eigenvalue weighted by Crippen LogP contribution is -2.40. The number of halogens is 3. The molecule has 1 heterocycles. The molecule has 1 fully saturated rings. The number of benzene rings is 1. The molecule has 0 saturated carbocycles. The van der Waals surface area contributed by atoms with Crippen molar-refractivity contribution in [2.24, 2.45) is 0 Å². The Morgan fingerprint density at radius 3 is 2.69 bits per heavy atom. The van der Waals surface area contributed by atoms with E-state index in [-0.39, 0.29) is 37.1 Å². The zero-order chi connectivity index (χ0) is 19.2. The van der Waals surface area contributed by atoms with Gasteiger partial charge in [0.2, 0.25) is 11.8 Å². The molecule has 0 radical (unpaired) electrons. The van der Waals surface area contributed by atoms with Gasteiger partial charge in [0.05, 0.1) is 24.4 Å². The maximum atomic E-state index is 12.9. The van der Waals surface area contributed by atoms with E-state index >= 15 is 0 Å². The van der Waals surface area contributed by atoms with E-state index in [1.165, 1.54) is 12.0 Å². The van der Waals surface area contributed by atoms with Gasteiger partial charge in [-0.15, -0.1) is 0 Å². The molecule has 6 nitrogen and oxygen atoms in total. The first-order valence-corrected chi connectivity index (χ1v) is 8.22. The SMILES string of the molecule is COCCOc1ccc(C(F)(F)F)cc1NC(=O)CN1CCCCC1=O. The summed E-state index contributed by atoms with van der Waals surface area (Å²) in [7, 11) is 1.47. The molecule has 2 amide bonds. The zero-order valence-corrected chi connectivity index (χ0v) is 14.4. The lowest BCUT2D eigenvalue weighted by Gasteiger charge is -2.26. The Morgan fingerprint density at radius 2 is 2.04 bits per heavy atom. The highest BCUT2D eigenvalue weighted by Crippen LogP contribution is 2.35. The number of methoxy groups -OCH3 is 1. The number of rotatable bonds is 7. The van der Waals surface area contributed by atoms with Crippen LogP contribution in [-0.4, -0.2) is 50.1 Å². The van der Waals surface area contributed by atoms with Gasteiger partial charge in [-0.2, -0.15) is 13.2 Å². The van der Waals surface area contributed by atoms with Gasteiger partial charge in [0.25, 0.3) is 0 Å². The number of likely N-dealkylation sites (tertiary alicyclic amines) is 1. The van der Waals surface area contributed by atoms with Gasteiger partial charge in [-0.3, -0.25) is 9.59 Å². The molecule has 1 N–H and O–H groups in total. The Balaban J connectivity index is 2.12. The van der Waals surface area contributed by atoms with Gasteiger partial charge >= 0.3 is 6.18 Å². The third-order valence-electron chi connectivity index (χ3n) is 3.88. The Morgan fingerprint density at radius 1 is 1.27 bits per heavy atom. The molecule has 0 unspecified atom stereocenters. The third-order valence-corrected chi connectivity index (χ3v) is 3.88. The van der Waals surface area contributed by atoms with Gasteiger partial charge in [0, 0.05) is 20.1 Å². The molecule has 26 heavy (non-hydrogen) atoms. The molecule has 9 heteroatoms. The summed E-state index contributed by atoms with van der Waals surface area (Å²) in [6, 6.07) is 2.85. The first kappa shape index (κ1) is 20.0. The summed E-state index contributed by atoms with van der Waals surface area (Å²) in [6.07, 6.45) is -2.59. The number of piperidine rings is 1. The summed E-state index contributed by atoms with van der Waals surface area (Å²) in [5.74, 6) is -0.600. The average molecular weight is 374 g/mol. The summed E-state index contributed by atoms with van der Waals surface area (Å²) in [5, 5.41) is 2.42. The van der Waals surface area contributed by atoms with Crippen LogP contribution in [-0.2, 0) is 20.5 Å². The highest BCUT2D eigenvalue weighted by molar-refractivity contribution is 5.95. The molecule has 144 valence electrons. The summed E-state index contributed by atoms with van der Waals surface area (Å²) in [6.45, 7) is 0.630. The van der Waals surface area contributed by atoms with Crippen molar-refractivity contribution in [3.05, 3.63) is 23.8 Å². The number of carbonyl (C=O) groups is 2. The number of nitrogens with one attached hydrogen (secondary N) is 1. The number of hydrogen-bond donors (Lipinski definition) is 1. The van der Waals surface area contributed by atoms with Crippen molar-refractivity contribution in [1.29, 1.82) is 0 Å². The second kappa shape index (κ2) is 8.88. The fourth-order valence-electron chi connectivity index (χ4n) is 2.56. The van der Waals surface area contributed by atoms with Crippen molar-refractivity contribution < 1.29 is 32.2 Å². The van der Waals surface area contributed by atoms with E-state index in [2.05, 4.69) is 5.32 Å². The predicted octanol–water partition coefficient (Wildman–Crippen LogP) is 2.68. The molecule has 0 aromatic heterocycles. The zero-order valence-electron chi connectivity index (χ0n) is 14.4. The number of anilines is 1. The van der Waals surface area contributed by atoms with Crippen molar-refractivity contribution >= 4 is 17.5 Å². The second-order valence-corrected chi connectivity index (χ2v) is 5.87. The molecule has 0 spiro atoms. The summed E-state index contributed by atoms with van der Waals surface area (Å²) < 4.78 is 49.0. The molecule has 1 aliphatic heterocycles. The van der Waals surface area contributed by atoms with Crippen LogP contribution >= 0.6 is 0 Å². The van der Waals surface area contributed by atoms with Crippen LogP contribution in [0.25, 0.3) is 0 Å². The van der Waals surface area contributed by atoms with Crippen molar-refractivity contribution in [3.63, 3.8) is 0 Å². The fourth-order valence-corrected chi connectivity index (χ4v) is 2.56. The second-order valence-electron chi connectivity index (χ2n) is 5.87. The van der Waals surface area contributed by atoms with Crippen molar-refractivity contribution in [1.82, 2.24) is 4.90 Å². The van der Waals surface area contributed by atoms with Crippen LogP contribution in [0.3, 0.4) is 0 Å². The number of amides is 2. The summed E-state index contributed by atoms with van der Waals surface area (Å²) >= 11 is 0. The van der Waals surface area contributed by atoms with Crippen LogP contribution in [0.15, 0.2) is 18.2 Å². The number of nitrogens with zero attached hydrogens (tertiary/aromatic N) is 1. The summed E-state index contributed by atoms with van der Waals surface area (Å²) in [4.78, 5) is 25.4. The monoisotopic (exact) mass is 374 g/mol. The number of ether oxygens (including phenoxy) is 2. The van der Waals surface area contributed by atoms with Crippen LogP contribution in [0, 0.1) is 0 Å². The third kappa shape index (κ3) is 5.62. The number of hydrogen-bond acceptors (Lipinski definition) is 4. The van der Waals surface area contributed by atoms with Crippen molar-refractivity contribution in [2.75, 3.05) is 38.7 Å². The van der Waals surface area contributed by atoms with Crippen molar-refractivity contribution in [2.45, 2.75) is 25.4 Å². The maximum Gasteiger partial charge on any atom is 0.416 e. The number of alkyl halides is 3. The minimum atomic E-state index is -4.55. The highest BCUT2D eigenvalue weighted by atomic mass is 19.4. The molecule has 1 aromatic carbocycles. The molecule has 1 saturated heterocycles. The summed E-state index contributed by atoms with van der Waals surface area (Å²) in [5.41, 5.74) is -0.994. The van der Waals surface area contributed by atoms with Gasteiger partial charge < -0.3 is 19.7 Å². The predicted molar refractivity (Wildman–Crippen MR) is 87.9 cm³/mol. The molecule has 0 bridgehead atoms. The van der Waals surface area contributed by atoms with Crippen LogP contribution in [0.2, 0.25) is 0 Å². The molecule has 0 aliphatic carbocycles. The van der Waals surface area contributed by atoms with Crippen LogP contribution < -0.4 is 10.1 Å². The Hall–Kier alpha value is -2.29. The van der Waals surface area contributed by atoms with Crippen molar-refractivity contribution in [3.8, 4) is 5.75 Å². The first-order chi connectivity index (χ1) is 12.3. The Kier molecular flexibility index (Phi) is 6.84. The van der Waals surface area contributed by atoms with E-state index in [0.29, 0.717) is 13.0 Å². The van der Waals surface area contributed by atoms with Crippen LogP contribution in [0.1, 0.15) is 24.8 Å². The lowest BCUT2D eigenvalue weighted by molar-refractivity contribution is -0.137. The smallest absolute Gasteiger partial charge is 0.416 e. The maximum absolute atomic E-state index is 12.9. The highest BCUT2D eigenvalue weighted by Gasteiger charge is 2.31. The molecular formula is C17H21F3N2O4. The van der Waals surface area contributed by atoms with E-state index in [0.717, 1.165) is 31.0 Å². The minimum absolute atomic E-state index is 0.0922. The minimum Gasteiger partial charge on any atom is -0.489 e. The lowest BCUT2D eigenvalue weighted by atomic mass is 10.1. The van der Waals surface area contributed by atoms with Gasteiger partial charge in [0.15, 0.2) is 0 Å². The first-order valence-electron chi connectivity index (χ1n) is 8.22. The van der Waals surface area contributed by atoms with Crippen LogP contribution in [0.5, 0.6) is 5.75 Å². The van der Waals surface area contributed by atoms with Gasteiger partial charge in [-0.25, -0.2) is 0 Å². The molecule has 0 atom stereocenters. The van der Waals surface area contributed by atoms with Gasteiger partial charge in [-0.1, -0.05) is 0 Å². The Bertz CT molecular complexity index is 649. The van der Waals surface area contributed by atoms with E-state index < -0.39 is 17.6 Å².